The van der Waals surface area contributed by atoms with Crippen LogP contribution in [0.1, 0.15) is 45.0 Å². The van der Waals surface area contributed by atoms with Crippen LogP contribution in [0.15, 0.2) is 68.1 Å². The van der Waals surface area contributed by atoms with Crippen molar-refractivity contribution in [3.8, 4) is 0 Å². The summed E-state index contributed by atoms with van der Waals surface area (Å²) in [4.78, 5) is 2.81. The van der Waals surface area contributed by atoms with Crippen LogP contribution in [0, 0.1) is 93.1 Å². The molecule has 4 aromatic heterocycles. The summed E-state index contributed by atoms with van der Waals surface area (Å²) < 4.78 is 298. The molecule has 8 bridgehead atoms. The molecule has 20 N–H and O–H groups in total. The number of halogens is 16. The molecule has 8 aromatic rings. The molecule has 4 fully saturated rings. The molecule has 24 nitrogen and oxygen atoms in total. The molecule has 0 spiro atoms. The third-order valence-electron chi connectivity index (χ3n) is 19.1. The Kier molecular flexibility index (Phi) is 23.9. The first kappa shape index (κ1) is 82.9. The number of ether oxygens (including phenoxy) is 4. The highest BCUT2D eigenvalue weighted by Gasteiger charge is 2.50. The van der Waals surface area contributed by atoms with Gasteiger partial charge in [0, 0.05) is 66.5 Å². The van der Waals surface area contributed by atoms with E-state index >= 15 is 70.2 Å². The lowest BCUT2D eigenvalue weighted by Gasteiger charge is -2.39. The minimum Gasteiger partial charge on any atom is -0.394 e. The molecule has 0 amide bonds. The zero-order valence-electron chi connectivity index (χ0n) is 55.5. The van der Waals surface area contributed by atoms with E-state index in [4.69, 9.17) is 18.9 Å². The van der Waals surface area contributed by atoms with Gasteiger partial charge < -0.3 is 121 Å². The molecule has 5 aliphatic heterocycles. The van der Waals surface area contributed by atoms with E-state index in [-0.39, 0.29) is 47.0 Å². The van der Waals surface area contributed by atoms with Gasteiger partial charge in [-0.3, -0.25) is 0 Å². The number of hydrogen-bond acceptors (Lipinski definition) is 24. The summed E-state index contributed by atoms with van der Waals surface area (Å²) in [6.45, 7) is -4.53. The van der Waals surface area contributed by atoms with Gasteiger partial charge in [-0.05, 0) is 48.5 Å². The van der Waals surface area contributed by atoms with Crippen molar-refractivity contribution in [3.05, 3.63) is 208 Å². The van der Waals surface area contributed by atoms with Crippen LogP contribution in [0.3, 0.4) is 0 Å². The molecule has 0 radical (unpaired) electrons. The Morgan fingerprint density at radius 1 is 0.232 bits per heavy atom. The number of aromatic nitrogens is 4. The van der Waals surface area contributed by atoms with Crippen LogP contribution in [0.4, 0.5) is 70.2 Å². The summed E-state index contributed by atoms with van der Waals surface area (Å²) in [6, 6.07) is 5.22. The van der Waals surface area contributed by atoms with Crippen LogP contribution in [0.2, 0.25) is 0 Å². The molecule has 4 saturated heterocycles. The fourth-order valence-electron chi connectivity index (χ4n) is 13.3. The van der Waals surface area contributed by atoms with Crippen LogP contribution in [0.5, 0.6) is 0 Å². The van der Waals surface area contributed by atoms with Gasteiger partial charge in [0.2, 0.25) is 0 Å². The van der Waals surface area contributed by atoms with E-state index < -0.39 is 347 Å². The summed E-state index contributed by atoms with van der Waals surface area (Å²) in [7, 11) is 0. The molecule has 4 aromatic carbocycles. The summed E-state index contributed by atoms with van der Waals surface area (Å²) in [5, 5.41) is 162. The second-order valence-electron chi connectivity index (χ2n) is 25.7. The van der Waals surface area contributed by atoms with Crippen LogP contribution in [-0.4, -0.2) is 247 Å². The van der Waals surface area contributed by atoms with Gasteiger partial charge in [-0.1, -0.05) is 47.0 Å². The number of fused-ring (bicyclic) bond motifs is 8. The first-order valence-electron chi connectivity index (χ1n) is 32.6. The predicted octanol–water partition coefficient (Wildman–Crippen LogP) is 0.0952. The minimum absolute atomic E-state index is 0.360. The Hall–Kier alpha value is -7.04. The fourth-order valence-corrected chi connectivity index (χ4v) is 17.7. The van der Waals surface area contributed by atoms with Crippen molar-refractivity contribution in [1.29, 1.82) is 0 Å². The van der Waals surface area contributed by atoms with Crippen LogP contribution >= 0.6 is 47.0 Å². The standard InChI is InChI=1S/C68H56F16N4O20S4/c69-33-29(34(70)42(78)61(41(33)77)109-65-57(101)53(97)49(93)21(9-89)105-65)25-13-1-2-14(85-13)26(30-35(71)43(79)62(44(80)36(30)72)110-66-58(102)54(98)50(94)22(10-90)106-66)16-5-6-18(87-16)28(32-39(75)47(83)64(48(84)40(32)76)112-68-60(104)56(100)52(96)24(12-92)108-68)20-8-7-19(88-20)27(17-4-3-15(25)86-17)31-37(73)45(81)63(46(82)38(31)74)111-67-59(103)55(99)51(95)23(11-91)107-67/h1-8,21-24,49-60,65-68,85-104H,9-12H2/t21-,22-,23-,24-,49-,50-,51-,52-,53+,54+,55+,56+,57+,58+,59+,60+,65-,66-,67-,68+/m1/s1. The van der Waals surface area contributed by atoms with Crippen molar-refractivity contribution in [2.24, 2.45) is 0 Å². The summed E-state index contributed by atoms with van der Waals surface area (Å²) >= 11 is -1.44. The molecule has 112 heavy (non-hydrogen) atoms. The molecule has 44 heteroatoms. The lowest BCUT2D eigenvalue weighted by molar-refractivity contribution is -0.205. The highest BCUT2D eigenvalue weighted by molar-refractivity contribution is 8.00. The van der Waals surface area contributed by atoms with E-state index in [0.29, 0.717) is 48.5 Å². The smallest absolute Gasteiger partial charge is 0.176 e. The maximum atomic E-state index is 17.6. The van der Waals surface area contributed by atoms with E-state index in [1.54, 1.807) is 0 Å². The Morgan fingerprint density at radius 2 is 0.402 bits per heavy atom. The number of H-pyrrole nitrogens is 4. The Bertz CT molecular complexity index is 4550. The average Bonchev–Trinajstić information content (AvgIpc) is 1.35. The number of thioether (sulfide) groups is 4. The van der Waals surface area contributed by atoms with Gasteiger partial charge in [0.1, 0.15) is 119 Å². The topological polar surface area (TPSA) is 424 Å². The number of rotatable bonds is 16. The van der Waals surface area contributed by atoms with Crippen molar-refractivity contribution in [2.75, 3.05) is 26.4 Å². The van der Waals surface area contributed by atoms with E-state index in [0.717, 1.165) is 0 Å². The van der Waals surface area contributed by atoms with E-state index in [9.17, 15) is 81.7 Å². The lowest BCUT2D eigenvalue weighted by atomic mass is 10.00. The monoisotopic (exact) mass is 1680 g/mol. The van der Waals surface area contributed by atoms with E-state index in [2.05, 4.69) is 19.9 Å². The van der Waals surface area contributed by atoms with Crippen molar-refractivity contribution < 1.29 is 171 Å². The number of aromatic amines is 4. The second-order valence-corrected chi connectivity index (χ2v) is 30.2. The largest absolute Gasteiger partial charge is 0.394 e. The van der Waals surface area contributed by atoms with Crippen LogP contribution < -0.4 is 21.4 Å². The van der Waals surface area contributed by atoms with Crippen molar-refractivity contribution in [2.45, 2.75) is 139 Å². The zero-order chi connectivity index (χ0) is 81.3. The van der Waals surface area contributed by atoms with Crippen molar-refractivity contribution >= 4 is 69.3 Å². The SMILES string of the molecule is OC[C@H]1O[C@H](Sc2c(F)c(F)c(C3=c4ccc([nH]4)=C(c4c(F)c(F)c(S[C@H]5O[C@H](CO)[C@@H](O)[C@H](O)[C@@H]5O)c(F)c4F)c4ccc([nH]4)C(c4c(F)c(F)c(S[C@@H]5O[C@H](CO)[C@@H](O)[C@H](O)[C@@H]5O)c(F)c4F)=c4ccc([nH]4)=C(c4c(F)c(F)c(S[C@H]5O[C@H](CO)[C@@H](O)[C@H](O)[C@@H]5O)c(F)c4F)c4ccc3[nH]4)c(F)c2F)[C@@H](O)[C@@H](O)[C@@H]1O. The molecule has 13 rings (SSSR count). The van der Waals surface area contributed by atoms with Crippen LogP contribution in [-0.2, 0) is 18.9 Å². The Labute approximate surface area is 630 Å². The third-order valence-corrected chi connectivity index (χ3v) is 24.0. The lowest BCUT2D eigenvalue weighted by Crippen LogP contribution is -2.57. The minimum atomic E-state index is -2.46. The first-order chi connectivity index (χ1) is 53.0. The number of hydrogen-bond donors (Lipinski definition) is 20. The first-order valence-corrected chi connectivity index (χ1v) is 36.2. The van der Waals surface area contributed by atoms with Gasteiger partial charge in [-0.15, -0.1) is 0 Å². The molecular weight excluding hydrogens is 1620 g/mol. The molecule has 0 unspecified atom stereocenters. The van der Waals surface area contributed by atoms with E-state index in [1.165, 1.54) is 0 Å². The zero-order valence-corrected chi connectivity index (χ0v) is 58.7. The maximum absolute atomic E-state index is 17.6. The van der Waals surface area contributed by atoms with Gasteiger partial charge >= 0.3 is 0 Å². The van der Waals surface area contributed by atoms with Crippen LogP contribution in [0.25, 0.3) is 22.3 Å². The Balaban J connectivity index is 1.11. The van der Waals surface area contributed by atoms with Crippen molar-refractivity contribution in [1.82, 2.24) is 19.9 Å². The molecule has 604 valence electrons. The maximum Gasteiger partial charge on any atom is 0.176 e. The number of aliphatic hydroxyl groups excluding tert-OH is 16. The summed E-state index contributed by atoms with van der Waals surface area (Å²) in [5.74, 6) is -38.9. The molecule has 5 aliphatic rings. The summed E-state index contributed by atoms with van der Waals surface area (Å²) in [5.41, 5.74) is -25.3. The predicted molar refractivity (Wildman–Crippen MR) is 352 cm³/mol. The number of aliphatic hydroxyl groups is 16. The van der Waals surface area contributed by atoms with Gasteiger partial charge in [0.15, 0.2) is 93.1 Å². The average molecular weight is 1680 g/mol. The van der Waals surface area contributed by atoms with Gasteiger partial charge in [-0.2, -0.15) is 0 Å². The van der Waals surface area contributed by atoms with Gasteiger partial charge in [-0.25, -0.2) is 70.2 Å². The van der Waals surface area contributed by atoms with Crippen molar-refractivity contribution in [3.63, 3.8) is 0 Å². The molecule has 9 heterocycles. The molecule has 20 atom stereocenters. The third kappa shape index (κ3) is 14.0. The molecule has 0 saturated carbocycles. The number of nitrogens with one attached hydrogen (secondary N) is 4. The van der Waals surface area contributed by atoms with E-state index in [1.807, 2.05) is 0 Å². The normalized spacial score (nSPS) is 29.1. The second kappa shape index (κ2) is 32.2. The van der Waals surface area contributed by atoms with Gasteiger partial charge in [0.05, 0.1) is 68.3 Å². The summed E-state index contributed by atoms with van der Waals surface area (Å²) in [6.07, 6.45) is -34.0. The quantitative estimate of drug-likeness (QED) is 0.0450. The fraction of sp³-hybridized carbons (Fsp3) is 0.353. The highest BCUT2D eigenvalue weighted by Crippen LogP contribution is 2.47. The molecular formula is C68H56F16N4O20S4. The highest BCUT2D eigenvalue weighted by atomic mass is 32.2. The Morgan fingerprint density at radius 3 is 0.562 bits per heavy atom. The molecule has 0 aliphatic carbocycles. The number of benzene rings is 4. The van der Waals surface area contributed by atoms with Gasteiger partial charge in [0.25, 0.3) is 0 Å².